The number of carbonyl (C=O) groups excluding carboxylic acids is 1. The Kier molecular flexibility index (Phi) is 6.13. The second-order valence-corrected chi connectivity index (χ2v) is 5.27. The van der Waals surface area contributed by atoms with Gasteiger partial charge in [0, 0.05) is 12.2 Å². The molecule has 0 heterocycles. The van der Waals surface area contributed by atoms with Crippen molar-refractivity contribution in [3.63, 3.8) is 0 Å². The van der Waals surface area contributed by atoms with Crippen LogP contribution in [-0.4, -0.2) is 18.5 Å². The Bertz CT molecular complexity index is 598. The molecule has 0 fully saturated rings. The summed E-state index contributed by atoms with van der Waals surface area (Å²) >= 11 is 0. The molecule has 1 amide bonds. The Morgan fingerprint density at radius 3 is 2.55 bits per heavy atom. The van der Waals surface area contributed by atoms with Crippen molar-refractivity contribution < 1.29 is 4.79 Å². The summed E-state index contributed by atoms with van der Waals surface area (Å²) in [6.07, 6.45) is 0.532. The number of nitrogens with two attached hydrogens (primary N) is 1. The van der Waals surface area contributed by atoms with Crippen LogP contribution in [0, 0.1) is 0 Å². The van der Waals surface area contributed by atoms with Crippen molar-refractivity contribution in [2.45, 2.75) is 25.9 Å². The summed E-state index contributed by atoms with van der Waals surface area (Å²) in [5.74, 6) is -0.163. The monoisotopic (exact) mass is 297 g/mol. The number of benzene rings is 2. The fraction of sp³-hybridized carbons (Fsp3) is 0.278. The van der Waals surface area contributed by atoms with Crippen molar-refractivity contribution in [2.24, 2.45) is 5.73 Å². The van der Waals surface area contributed by atoms with Crippen molar-refractivity contribution in [2.75, 3.05) is 11.9 Å². The van der Waals surface area contributed by atoms with Gasteiger partial charge in [-0.25, -0.2) is 0 Å². The highest BCUT2D eigenvalue weighted by molar-refractivity contribution is 5.94. The van der Waals surface area contributed by atoms with Crippen LogP contribution in [0.2, 0.25) is 0 Å². The topological polar surface area (TPSA) is 67.1 Å². The minimum Gasteiger partial charge on any atom is -0.325 e. The first-order valence-corrected chi connectivity index (χ1v) is 7.59. The predicted octanol–water partition coefficient (Wildman–Crippen LogP) is 2.30. The van der Waals surface area contributed by atoms with E-state index < -0.39 is 6.04 Å². The van der Waals surface area contributed by atoms with Gasteiger partial charge in [0.1, 0.15) is 0 Å². The van der Waals surface area contributed by atoms with Gasteiger partial charge in [0.15, 0.2) is 0 Å². The van der Waals surface area contributed by atoms with E-state index in [0.717, 1.165) is 29.9 Å². The number of hydrogen-bond acceptors (Lipinski definition) is 3. The fourth-order valence-electron chi connectivity index (χ4n) is 2.22. The average Bonchev–Trinajstić information content (AvgIpc) is 2.54. The maximum Gasteiger partial charge on any atom is 0.241 e. The first-order valence-electron chi connectivity index (χ1n) is 7.59. The summed E-state index contributed by atoms with van der Waals surface area (Å²) in [7, 11) is 0. The molecule has 0 aliphatic heterocycles. The summed E-state index contributed by atoms with van der Waals surface area (Å²) in [6.45, 7) is 3.77. The van der Waals surface area contributed by atoms with E-state index in [2.05, 4.69) is 17.6 Å². The molecule has 0 aliphatic carbocycles. The van der Waals surface area contributed by atoms with Crippen LogP contribution in [0.4, 0.5) is 5.69 Å². The van der Waals surface area contributed by atoms with Crippen LogP contribution in [0.5, 0.6) is 0 Å². The molecule has 0 spiro atoms. The zero-order valence-corrected chi connectivity index (χ0v) is 12.9. The van der Waals surface area contributed by atoms with Crippen molar-refractivity contribution >= 4 is 11.6 Å². The quantitative estimate of drug-likeness (QED) is 0.734. The normalized spacial score (nSPS) is 11.9. The minimum atomic E-state index is -0.556. The van der Waals surface area contributed by atoms with Crippen molar-refractivity contribution in [3.8, 4) is 0 Å². The molecule has 2 rings (SSSR count). The van der Waals surface area contributed by atoms with Crippen LogP contribution in [0.25, 0.3) is 0 Å². The first kappa shape index (κ1) is 16.2. The first-order chi connectivity index (χ1) is 10.7. The molecule has 0 saturated carbocycles. The van der Waals surface area contributed by atoms with Gasteiger partial charge in [-0.1, -0.05) is 49.4 Å². The zero-order valence-electron chi connectivity index (χ0n) is 12.9. The van der Waals surface area contributed by atoms with Crippen LogP contribution in [-0.2, 0) is 17.8 Å². The molecule has 0 unspecified atom stereocenters. The Morgan fingerprint density at radius 2 is 1.82 bits per heavy atom. The highest BCUT2D eigenvalue weighted by atomic mass is 16.2. The van der Waals surface area contributed by atoms with E-state index in [1.807, 2.05) is 54.6 Å². The molecule has 4 heteroatoms. The zero-order chi connectivity index (χ0) is 15.8. The molecule has 0 radical (unpaired) electrons. The van der Waals surface area contributed by atoms with Crippen molar-refractivity contribution in [1.82, 2.24) is 5.32 Å². The average molecular weight is 297 g/mol. The lowest BCUT2D eigenvalue weighted by Gasteiger charge is -2.13. The maximum absolute atomic E-state index is 12.2. The Morgan fingerprint density at radius 1 is 1.09 bits per heavy atom. The molecule has 0 aliphatic rings. The van der Waals surface area contributed by atoms with E-state index in [1.165, 1.54) is 0 Å². The molecule has 116 valence electrons. The van der Waals surface area contributed by atoms with Gasteiger partial charge in [0.25, 0.3) is 0 Å². The molecular weight excluding hydrogens is 274 g/mol. The highest BCUT2D eigenvalue weighted by Gasteiger charge is 2.14. The Hall–Kier alpha value is -2.17. The van der Waals surface area contributed by atoms with E-state index in [-0.39, 0.29) is 5.91 Å². The molecule has 4 N–H and O–H groups in total. The van der Waals surface area contributed by atoms with Gasteiger partial charge in [-0.05, 0) is 36.2 Å². The molecule has 1 atom stereocenters. The van der Waals surface area contributed by atoms with Gasteiger partial charge in [0.2, 0.25) is 5.91 Å². The molecule has 2 aromatic carbocycles. The van der Waals surface area contributed by atoms with Crippen LogP contribution in [0.15, 0.2) is 54.6 Å². The summed E-state index contributed by atoms with van der Waals surface area (Å²) < 4.78 is 0. The highest BCUT2D eigenvalue weighted by Crippen LogP contribution is 2.11. The predicted molar refractivity (Wildman–Crippen MR) is 90.6 cm³/mol. The molecule has 0 aromatic heterocycles. The summed E-state index contributed by atoms with van der Waals surface area (Å²) in [5.41, 5.74) is 8.97. The van der Waals surface area contributed by atoms with Crippen LogP contribution in [0.3, 0.4) is 0 Å². The Balaban J connectivity index is 1.93. The van der Waals surface area contributed by atoms with Gasteiger partial charge in [-0.2, -0.15) is 0 Å². The SMILES string of the molecule is CCNCc1cccc(NC(=O)[C@@H](N)Cc2ccccc2)c1. The van der Waals surface area contributed by atoms with Crippen LogP contribution in [0.1, 0.15) is 18.1 Å². The molecular formula is C18H23N3O. The van der Waals surface area contributed by atoms with E-state index >= 15 is 0 Å². The minimum absolute atomic E-state index is 0.163. The second kappa shape index (κ2) is 8.32. The fourth-order valence-corrected chi connectivity index (χ4v) is 2.22. The van der Waals surface area contributed by atoms with E-state index in [0.29, 0.717) is 6.42 Å². The smallest absolute Gasteiger partial charge is 0.241 e. The third-order valence-electron chi connectivity index (χ3n) is 3.41. The lowest BCUT2D eigenvalue weighted by atomic mass is 10.1. The lowest BCUT2D eigenvalue weighted by molar-refractivity contribution is -0.117. The van der Waals surface area contributed by atoms with E-state index in [1.54, 1.807) is 0 Å². The van der Waals surface area contributed by atoms with Crippen LogP contribution < -0.4 is 16.4 Å². The van der Waals surface area contributed by atoms with Gasteiger partial charge in [-0.3, -0.25) is 4.79 Å². The molecule has 2 aromatic rings. The van der Waals surface area contributed by atoms with Gasteiger partial charge < -0.3 is 16.4 Å². The number of nitrogens with one attached hydrogen (secondary N) is 2. The van der Waals surface area contributed by atoms with E-state index in [9.17, 15) is 4.79 Å². The second-order valence-electron chi connectivity index (χ2n) is 5.27. The number of anilines is 1. The number of amides is 1. The summed E-state index contributed by atoms with van der Waals surface area (Å²) in [5, 5.41) is 6.15. The van der Waals surface area contributed by atoms with Crippen LogP contribution >= 0.6 is 0 Å². The summed E-state index contributed by atoms with van der Waals surface area (Å²) in [6, 6.07) is 17.1. The standard InChI is InChI=1S/C18H23N3O/c1-2-20-13-15-9-6-10-16(11-15)21-18(22)17(19)12-14-7-4-3-5-8-14/h3-11,17,20H,2,12-13,19H2,1H3,(H,21,22)/t17-/m0/s1. The summed E-state index contributed by atoms with van der Waals surface area (Å²) in [4.78, 5) is 12.2. The molecule has 4 nitrogen and oxygen atoms in total. The van der Waals surface area contributed by atoms with Gasteiger partial charge in [-0.15, -0.1) is 0 Å². The van der Waals surface area contributed by atoms with Gasteiger partial charge >= 0.3 is 0 Å². The number of rotatable bonds is 7. The molecule has 22 heavy (non-hydrogen) atoms. The van der Waals surface area contributed by atoms with Gasteiger partial charge in [0.05, 0.1) is 6.04 Å². The Labute approximate surface area is 131 Å². The van der Waals surface area contributed by atoms with Crippen molar-refractivity contribution in [1.29, 1.82) is 0 Å². The largest absolute Gasteiger partial charge is 0.325 e. The number of hydrogen-bond donors (Lipinski definition) is 3. The maximum atomic E-state index is 12.2. The third-order valence-corrected chi connectivity index (χ3v) is 3.41. The lowest BCUT2D eigenvalue weighted by Crippen LogP contribution is -2.37. The number of carbonyl (C=O) groups is 1. The molecule has 0 saturated heterocycles. The molecule has 0 bridgehead atoms. The van der Waals surface area contributed by atoms with Crippen molar-refractivity contribution in [3.05, 3.63) is 65.7 Å². The third kappa shape index (κ3) is 4.98. The van der Waals surface area contributed by atoms with E-state index in [4.69, 9.17) is 5.73 Å².